The Hall–Kier alpha value is -1.24. The summed E-state index contributed by atoms with van der Waals surface area (Å²) in [5, 5.41) is 1.17. The molecule has 0 N–H and O–H groups in total. The average Bonchev–Trinajstić information content (AvgIpc) is 2.73. The third-order valence-corrected chi connectivity index (χ3v) is 4.13. The van der Waals surface area contributed by atoms with Crippen LogP contribution in [0.25, 0.3) is 11.0 Å². The van der Waals surface area contributed by atoms with Crippen molar-refractivity contribution in [3.8, 4) is 0 Å². The predicted molar refractivity (Wildman–Crippen MR) is 89.3 cm³/mol. The van der Waals surface area contributed by atoms with Gasteiger partial charge in [0.25, 0.3) is 0 Å². The van der Waals surface area contributed by atoms with Crippen molar-refractivity contribution in [2.24, 2.45) is 0 Å². The second kappa shape index (κ2) is 5.19. The van der Waals surface area contributed by atoms with E-state index in [1.165, 1.54) is 14.5 Å². The summed E-state index contributed by atoms with van der Waals surface area (Å²) in [5.74, 6) is 0.879. The monoisotopic (exact) mass is 399 g/mol. The maximum atomic E-state index is 12.2. The highest BCUT2D eigenvalue weighted by molar-refractivity contribution is 14.1. The lowest BCUT2D eigenvalue weighted by molar-refractivity contribution is 0.0210. The molecule has 0 unspecified atom stereocenters. The van der Waals surface area contributed by atoms with Crippen LogP contribution in [0.1, 0.15) is 32.1 Å². The lowest BCUT2D eigenvalue weighted by atomic mass is 10.0. The summed E-state index contributed by atoms with van der Waals surface area (Å²) in [6.07, 6.45) is 0.532. The third-order valence-electron chi connectivity index (χ3n) is 3.45. The fourth-order valence-corrected chi connectivity index (χ4v) is 3.05. The minimum absolute atomic E-state index is 0.275. The first-order chi connectivity index (χ1) is 9.83. The van der Waals surface area contributed by atoms with Crippen LogP contribution in [-0.2, 0) is 17.7 Å². The number of hydrogen-bond acceptors (Lipinski definition) is 3. The first-order valence-electron chi connectivity index (χ1n) is 7.01. The Bertz CT molecular complexity index is 699. The lowest BCUT2D eigenvalue weighted by Gasteiger charge is -2.29. The molecule has 1 aromatic heterocycles. The Morgan fingerprint density at radius 1 is 1.38 bits per heavy atom. The van der Waals surface area contributed by atoms with Gasteiger partial charge in [0.05, 0.1) is 6.54 Å². The van der Waals surface area contributed by atoms with Gasteiger partial charge in [0.1, 0.15) is 16.9 Å². The number of halogens is 1. The molecule has 2 heterocycles. The van der Waals surface area contributed by atoms with E-state index in [0.717, 1.165) is 17.8 Å². The molecule has 4 nitrogen and oxygen atoms in total. The largest absolute Gasteiger partial charge is 0.459 e. The van der Waals surface area contributed by atoms with E-state index < -0.39 is 5.60 Å². The second-order valence-corrected chi connectivity index (χ2v) is 7.54. The number of carbonyl (C=O) groups is 1. The van der Waals surface area contributed by atoms with Crippen molar-refractivity contribution in [3.05, 3.63) is 33.1 Å². The summed E-state index contributed by atoms with van der Waals surface area (Å²) in [4.78, 5) is 13.9. The molecule has 0 bridgehead atoms. The number of furan rings is 1. The van der Waals surface area contributed by atoms with Gasteiger partial charge >= 0.3 is 6.09 Å². The van der Waals surface area contributed by atoms with Crippen molar-refractivity contribution in [1.82, 2.24) is 4.90 Å². The second-order valence-electron chi connectivity index (χ2n) is 6.30. The van der Waals surface area contributed by atoms with Crippen LogP contribution in [0.2, 0.25) is 0 Å². The summed E-state index contributed by atoms with van der Waals surface area (Å²) < 4.78 is 12.5. The summed E-state index contributed by atoms with van der Waals surface area (Å²) in [6.45, 7) is 6.79. The minimum Gasteiger partial charge on any atom is -0.459 e. The molecule has 3 rings (SSSR count). The van der Waals surface area contributed by atoms with E-state index in [1.54, 1.807) is 4.90 Å². The first kappa shape index (κ1) is 14.7. The maximum Gasteiger partial charge on any atom is 0.410 e. The zero-order valence-electron chi connectivity index (χ0n) is 12.4. The van der Waals surface area contributed by atoms with Crippen LogP contribution in [0, 0.1) is 3.57 Å². The van der Waals surface area contributed by atoms with Gasteiger partial charge in [-0.1, -0.05) is 0 Å². The number of amides is 1. The van der Waals surface area contributed by atoms with Crippen molar-refractivity contribution in [1.29, 1.82) is 0 Å². The molecular formula is C16H18INO3. The van der Waals surface area contributed by atoms with Crippen LogP contribution >= 0.6 is 22.6 Å². The highest BCUT2D eigenvalue weighted by Gasteiger charge is 2.28. The van der Waals surface area contributed by atoms with Crippen LogP contribution in [0.15, 0.2) is 22.6 Å². The molecule has 1 aromatic carbocycles. The Kier molecular flexibility index (Phi) is 3.63. The van der Waals surface area contributed by atoms with Gasteiger partial charge in [0.2, 0.25) is 0 Å². The molecule has 0 atom stereocenters. The number of nitrogens with zero attached hydrogens (tertiary/aromatic N) is 1. The molecular weight excluding hydrogens is 381 g/mol. The smallest absolute Gasteiger partial charge is 0.410 e. The number of benzene rings is 1. The van der Waals surface area contributed by atoms with Gasteiger partial charge in [0, 0.05) is 21.1 Å². The fourth-order valence-electron chi connectivity index (χ4n) is 2.55. The molecule has 0 radical (unpaired) electrons. The maximum absolute atomic E-state index is 12.2. The Morgan fingerprint density at radius 3 is 2.86 bits per heavy atom. The number of ether oxygens (including phenoxy) is 1. The Morgan fingerprint density at radius 2 is 2.14 bits per heavy atom. The van der Waals surface area contributed by atoms with Gasteiger partial charge in [-0.3, -0.25) is 0 Å². The zero-order chi connectivity index (χ0) is 15.2. The molecule has 0 saturated carbocycles. The van der Waals surface area contributed by atoms with Crippen LogP contribution in [0.5, 0.6) is 0 Å². The van der Waals surface area contributed by atoms with E-state index in [4.69, 9.17) is 9.15 Å². The number of rotatable bonds is 0. The molecule has 1 aliphatic heterocycles. The van der Waals surface area contributed by atoms with Gasteiger partial charge in [-0.15, -0.1) is 0 Å². The Labute approximate surface area is 137 Å². The summed E-state index contributed by atoms with van der Waals surface area (Å²) in [6, 6.07) is 6.16. The van der Waals surface area contributed by atoms with Gasteiger partial charge in [-0.25, -0.2) is 4.79 Å². The molecule has 1 aliphatic rings. The summed E-state index contributed by atoms with van der Waals surface area (Å²) >= 11 is 2.30. The normalized spacial score (nSPS) is 15.1. The SMILES string of the molecule is CC(C)(C)OC(=O)N1CCc2c(oc3ccc(I)cc23)C1. The lowest BCUT2D eigenvalue weighted by Crippen LogP contribution is -2.39. The first-order valence-corrected chi connectivity index (χ1v) is 8.09. The highest BCUT2D eigenvalue weighted by Crippen LogP contribution is 2.32. The third kappa shape index (κ3) is 3.02. The standard InChI is InChI=1S/C16H18INO3/c1-16(2,3)21-15(19)18-7-6-11-12-8-10(17)4-5-13(12)20-14(11)9-18/h4-5,8H,6-7,9H2,1-3H3. The molecule has 0 fully saturated rings. The van der Waals surface area contributed by atoms with Crippen LogP contribution < -0.4 is 0 Å². The minimum atomic E-state index is -0.471. The van der Waals surface area contributed by atoms with Crippen molar-refractivity contribution < 1.29 is 13.9 Å². The van der Waals surface area contributed by atoms with E-state index in [-0.39, 0.29) is 6.09 Å². The number of hydrogen-bond donors (Lipinski definition) is 0. The zero-order valence-corrected chi connectivity index (χ0v) is 14.6. The average molecular weight is 399 g/mol. The van der Waals surface area contributed by atoms with Crippen LogP contribution in [0.4, 0.5) is 4.79 Å². The van der Waals surface area contributed by atoms with Crippen molar-refractivity contribution in [2.45, 2.75) is 39.3 Å². The molecule has 1 amide bonds. The van der Waals surface area contributed by atoms with Gasteiger partial charge in [-0.2, -0.15) is 0 Å². The molecule has 21 heavy (non-hydrogen) atoms. The van der Waals surface area contributed by atoms with E-state index >= 15 is 0 Å². The molecule has 0 saturated heterocycles. The van der Waals surface area contributed by atoms with Crippen LogP contribution in [-0.4, -0.2) is 23.1 Å². The van der Waals surface area contributed by atoms with Crippen molar-refractivity contribution in [3.63, 3.8) is 0 Å². The van der Waals surface area contributed by atoms with Gasteiger partial charge < -0.3 is 14.1 Å². The topological polar surface area (TPSA) is 42.7 Å². The van der Waals surface area contributed by atoms with E-state index in [2.05, 4.69) is 28.7 Å². The molecule has 0 aliphatic carbocycles. The molecule has 0 spiro atoms. The number of carbonyl (C=O) groups excluding carboxylic acids is 1. The van der Waals surface area contributed by atoms with E-state index in [1.807, 2.05) is 32.9 Å². The summed E-state index contributed by atoms with van der Waals surface area (Å²) in [5.41, 5.74) is 1.65. The molecule has 2 aromatic rings. The van der Waals surface area contributed by atoms with Gasteiger partial charge in [0.15, 0.2) is 0 Å². The van der Waals surface area contributed by atoms with Gasteiger partial charge in [-0.05, 0) is 68.0 Å². The summed E-state index contributed by atoms with van der Waals surface area (Å²) in [7, 11) is 0. The van der Waals surface area contributed by atoms with Crippen LogP contribution in [0.3, 0.4) is 0 Å². The molecule has 5 heteroatoms. The number of fused-ring (bicyclic) bond motifs is 3. The highest BCUT2D eigenvalue weighted by atomic mass is 127. The van der Waals surface area contributed by atoms with Crippen molar-refractivity contribution in [2.75, 3.05) is 6.54 Å². The van der Waals surface area contributed by atoms with Crippen molar-refractivity contribution >= 4 is 39.7 Å². The Balaban J connectivity index is 1.86. The predicted octanol–water partition coefficient (Wildman–Crippen LogP) is 4.33. The molecule has 112 valence electrons. The van der Waals surface area contributed by atoms with E-state index in [0.29, 0.717) is 13.1 Å². The van der Waals surface area contributed by atoms with E-state index in [9.17, 15) is 4.79 Å². The quantitative estimate of drug-likeness (QED) is 0.620. The fraction of sp³-hybridized carbons (Fsp3) is 0.438.